The third kappa shape index (κ3) is 5.80. The summed E-state index contributed by atoms with van der Waals surface area (Å²) in [6.45, 7) is 6.36. The number of nitrogens with two attached hydrogens (primary N) is 1. The lowest BCUT2D eigenvalue weighted by Gasteiger charge is -2.30. The van der Waals surface area contributed by atoms with Gasteiger partial charge in [0.05, 0.1) is 6.61 Å². The van der Waals surface area contributed by atoms with Gasteiger partial charge < -0.3 is 15.1 Å². The van der Waals surface area contributed by atoms with E-state index in [9.17, 15) is 4.79 Å². The molecular weight excluding hydrogens is 230 g/mol. The number of nitrogens with zero attached hydrogens (tertiary/aromatic N) is 1. The van der Waals surface area contributed by atoms with Gasteiger partial charge in [0.15, 0.2) is 0 Å². The molecule has 0 bridgehead atoms. The fourth-order valence-corrected chi connectivity index (χ4v) is 2.33. The summed E-state index contributed by atoms with van der Waals surface area (Å²) in [5, 5.41) is 3.04. The number of piperidine rings is 1. The van der Waals surface area contributed by atoms with Crippen molar-refractivity contribution < 1.29 is 9.63 Å². The number of hydrogen-bond acceptors (Lipinski definition) is 4. The molecule has 0 saturated carbocycles. The molecule has 1 fully saturated rings. The quantitative estimate of drug-likeness (QED) is 0.501. The summed E-state index contributed by atoms with van der Waals surface area (Å²) in [6, 6.07) is 0. The Hall–Kier alpha value is -0.650. The van der Waals surface area contributed by atoms with E-state index in [1.807, 2.05) is 0 Å². The van der Waals surface area contributed by atoms with Crippen molar-refractivity contribution >= 4 is 5.91 Å². The molecule has 3 N–H and O–H groups in total. The molecule has 0 radical (unpaired) electrons. The Balaban J connectivity index is 2.11. The third-order valence-electron chi connectivity index (χ3n) is 3.56. The zero-order valence-corrected chi connectivity index (χ0v) is 11.5. The largest absolute Gasteiger partial charge is 0.356 e. The molecule has 0 unspecified atom stereocenters. The molecule has 1 saturated heterocycles. The Bertz CT molecular complexity index is 228. The minimum absolute atomic E-state index is 0.196. The highest BCUT2D eigenvalue weighted by molar-refractivity contribution is 5.78. The first-order valence-corrected chi connectivity index (χ1v) is 7.09. The number of unbranched alkanes of at least 4 members (excludes halogenated alkanes) is 2. The van der Waals surface area contributed by atoms with E-state index in [-0.39, 0.29) is 11.8 Å². The summed E-state index contributed by atoms with van der Waals surface area (Å²) in [6.07, 6.45) is 5.37. The van der Waals surface area contributed by atoms with Gasteiger partial charge in [-0.05, 0) is 32.4 Å². The topological polar surface area (TPSA) is 67.6 Å². The maximum Gasteiger partial charge on any atom is 0.223 e. The first-order valence-electron chi connectivity index (χ1n) is 7.09. The molecule has 0 aliphatic carbocycles. The number of rotatable bonds is 8. The zero-order valence-electron chi connectivity index (χ0n) is 11.5. The van der Waals surface area contributed by atoms with Gasteiger partial charge in [-0.25, -0.2) is 5.90 Å². The monoisotopic (exact) mass is 257 g/mol. The van der Waals surface area contributed by atoms with Crippen LogP contribution in [-0.2, 0) is 9.63 Å². The summed E-state index contributed by atoms with van der Waals surface area (Å²) in [4.78, 5) is 18.8. The summed E-state index contributed by atoms with van der Waals surface area (Å²) in [5.41, 5.74) is 0. The fourth-order valence-electron chi connectivity index (χ4n) is 2.33. The molecule has 1 heterocycles. The maximum atomic E-state index is 11.9. The number of carbonyl (C=O) groups excluding carboxylic acids is 1. The Morgan fingerprint density at radius 1 is 1.39 bits per heavy atom. The van der Waals surface area contributed by atoms with Crippen LogP contribution in [0, 0.1) is 5.92 Å². The maximum absolute atomic E-state index is 11.9. The van der Waals surface area contributed by atoms with Crippen molar-refractivity contribution in [2.45, 2.75) is 39.0 Å². The first kappa shape index (κ1) is 15.4. The van der Waals surface area contributed by atoms with Crippen LogP contribution in [0.25, 0.3) is 0 Å². The molecule has 0 aromatic carbocycles. The Labute approximate surface area is 110 Å². The number of amides is 1. The minimum atomic E-state index is 0.196. The molecule has 1 aliphatic heterocycles. The molecule has 106 valence electrons. The predicted molar refractivity (Wildman–Crippen MR) is 71.8 cm³/mol. The lowest BCUT2D eigenvalue weighted by atomic mass is 9.96. The predicted octanol–water partition coefficient (Wildman–Crippen LogP) is 0.895. The van der Waals surface area contributed by atoms with Crippen molar-refractivity contribution in [2.75, 3.05) is 32.8 Å². The standard InChI is InChI=1S/C13H27N3O2/c1-2-3-4-7-15-13(17)12-5-8-16(9-6-12)10-11-18-14/h12H,2-11,14H2,1H3,(H,15,17). The van der Waals surface area contributed by atoms with Gasteiger partial charge in [0.25, 0.3) is 0 Å². The molecule has 0 spiro atoms. The van der Waals surface area contributed by atoms with Crippen LogP contribution in [0.2, 0.25) is 0 Å². The lowest BCUT2D eigenvalue weighted by molar-refractivity contribution is -0.126. The van der Waals surface area contributed by atoms with Crippen LogP contribution in [-0.4, -0.2) is 43.6 Å². The second-order valence-electron chi connectivity index (χ2n) is 4.98. The number of hydrogen-bond donors (Lipinski definition) is 2. The molecular formula is C13H27N3O2. The van der Waals surface area contributed by atoms with Crippen LogP contribution in [0.5, 0.6) is 0 Å². The molecule has 1 aliphatic rings. The fraction of sp³-hybridized carbons (Fsp3) is 0.923. The lowest BCUT2D eigenvalue weighted by Crippen LogP contribution is -2.41. The third-order valence-corrected chi connectivity index (χ3v) is 3.56. The van der Waals surface area contributed by atoms with Gasteiger partial charge >= 0.3 is 0 Å². The number of carbonyl (C=O) groups is 1. The van der Waals surface area contributed by atoms with Crippen LogP contribution >= 0.6 is 0 Å². The van der Waals surface area contributed by atoms with Crippen molar-refractivity contribution in [1.82, 2.24) is 10.2 Å². The Morgan fingerprint density at radius 3 is 2.72 bits per heavy atom. The van der Waals surface area contributed by atoms with E-state index in [0.29, 0.717) is 6.61 Å². The van der Waals surface area contributed by atoms with E-state index < -0.39 is 0 Å². The van der Waals surface area contributed by atoms with Crippen LogP contribution in [0.4, 0.5) is 0 Å². The van der Waals surface area contributed by atoms with Crippen LogP contribution in [0.1, 0.15) is 39.0 Å². The van der Waals surface area contributed by atoms with Gasteiger partial charge in [0.2, 0.25) is 5.91 Å². The summed E-state index contributed by atoms with van der Waals surface area (Å²) in [5.74, 6) is 5.44. The minimum Gasteiger partial charge on any atom is -0.356 e. The number of nitrogens with one attached hydrogen (secondary N) is 1. The van der Waals surface area contributed by atoms with E-state index in [0.717, 1.165) is 45.4 Å². The van der Waals surface area contributed by atoms with E-state index >= 15 is 0 Å². The van der Waals surface area contributed by atoms with Gasteiger partial charge in [0, 0.05) is 19.0 Å². The molecule has 0 atom stereocenters. The molecule has 0 aromatic heterocycles. The molecule has 5 heteroatoms. The van der Waals surface area contributed by atoms with Crippen molar-refractivity contribution in [3.8, 4) is 0 Å². The normalized spacial score (nSPS) is 17.9. The SMILES string of the molecule is CCCCCNC(=O)C1CCN(CCON)CC1. The molecule has 0 aromatic rings. The zero-order chi connectivity index (χ0) is 13.2. The summed E-state index contributed by atoms with van der Waals surface area (Å²) in [7, 11) is 0. The van der Waals surface area contributed by atoms with Crippen molar-refractivity contribution in [3.05, 3.63) is 0 Å². The highest BCUT2D eigenvalue weighted by Gasteiger charge is 2.24. The molecule has 5 nitrogen and oxygen atoms in total. The smallest absolute Gasteiger partial charge is 0.223 e. The summed E-state index contributed by atoms with van der Waals surface area (Å²) < 4.78 is 0. The average Bonchev–Trinajstić information content (AvgIpc) is 2.41. The second kappa shape index (κ2) is 9.30. The van der Waals surface area contributed by atoms with Gasteiger partial charge in [-0.1, -0.05) is 19.8 Å². The van der Waals surface area contributed by atoms with E-state index in [4.69, 9.17) is 5.90 Å². The number of likely N-dealkylation sites (tertiary alicyclic amines) is 1. The van der Waals surface area contributed by atoms with Gasteiger partial charge in [-0.2, -0.15) is 0 Å². The van der Waals surface area contributed by atoms with Crippen molar-refractivity contribution in [3.63, 3.8) is 0 Å². The van der Waals surface area contributed by atoms with E-state index in [1.165, 1.54) is 12.8 Å². The molecule has 1 rings (SSSR count). The first-order chi connectivity index (χ1) is 8.77. The average molecular weight is 257 g/mol. The Morgan fingerprint density at radius 2 is 2.11 bits per heavy atom. The second-order valence-corrected chi connectivity index (χ2v) is 4.98. The van der Waals surface area contributed by atoms with Crippen molar-refractivity contribution in [2.24, 2.45) is 11.8 Å². The van der Waals surface area contributed by atoms with Crippen LogP contribution < -0.4 is 11.2 Å². The molecule has 1 amide bonds. The van der Waals surface area contributed by atoms with Gasteiger partial charge in [-0.3, -0.25) is 4.79 Å². The van der Waals surface area contributed by atoms with Gasteiger partial charge in [-0.15, -0.1) is 0 Å². The van der Waals surface area contributed by atoms with E-state index in [1.54, 1.807) is 0 Å². The molecule has 18 heavy (non-hydrogen) atoms. The van der Waals surface area contributed by atoms with Crippen molar-refractivity contribution in [1.29, 1.82) is 0 Å². The van der Waals surface area contributed by atoms with Crippen LogP contribution in [0.15, 0.2) is 0 Å². The highest BCUT2D eigenvalue weighted by atomic mass is 16.6. The highest BCUT2D eigenvalue weighted by Crippen LogP contribution is 2.16. The van der Waals surface area contributed by atoms with Crippen LogP contribution in [0.3, 0.4) is 0 Å². The van der Waals surface area contributed by atoms with Gasteiger partial charge in [0.1, 0.15) is 0 Å². The Kier molecular flexibility index (Phi) is 7.96. The summed E-state index contributed by atoms with van der Waals surface area (Å²) >= 11 is 0. The van der Waals surface area contributed by atoms with E-state index in [2.05, 4.69) is 22.0 Å².